The van der Waals surface area contributed by atoms with E-state index in [9.17, 15) is 14.0 Å². The van der Waals surface area contributed by atoms with Gasteiger partial charge in [0.05, 0.1) is 23.3 Å². The van der Waals surface area contributed by atoms with Gasteiger partial charge in [0.1, 0.15) is 0 Å². The van der Waals surface area contributed by atoms with Crippen molar-refractivity contribution in [3.63, 3.8) is 0 Å². The van der Waals surface area contributed by atoms with E-state index in [2.05, 4.69) is 15.0 Å². The van der Waals surface area contributed by atoms with Gasteiger partial charge in [0, 0.05) is 11.9 Å². The zero-order chi connectivity index (χ0) is 15.4. The van der Waals surface area contributed by atoms with Crippen LogP contribution in [0.15, 0.2) is 36.5 Å². The molecule has 108 valence electrons. The number of aromatic nitrogens is 1. The van der Waals surface area contributed by atoms with Gasteiger partial charge in [-0.05, 0) is 30.3 Å². The molecule has 0 aliphatic carbocycles. The first kappa shape index (κ1) is 14.9. The molecule has 5 nitrogen and oxygen atoms in total. The molecule has 1 N–H and O–H groups in total. The number of halogens is 2. The van der Waals surface area contributed by atoms with Crippen LogP contribution in [0.1, 0.15) is 20.7 Å². The second-order valence-electron chi connectivity index (χ2n) is 4.01. The van der Waals surface area contributed by atoms with Gasteiger partial charge in [-0.25, -0.2) is 9.78 Å². The van der Waals surface area contributed by atoms with Crippen molar-refractivity contribution < 1.29 is 18.7 Å². The number of hydrogen-bond donors (Lipinski definition) is 1. The molecule has 0 atom stereocenters. The van der Waals surface area contributed by atoms with Gasteiger partial charge in [0.15, 0.2) is 0 Å². The summed E-state index contributed by atoms with van der Waals surface area (Å²) in [5.41, 5.74) is 0.675. The van der Waals surface area contributed by atoms with Crippen LogP contribution in [0.25, 0.3) is 0 Å². The molecule has 21 heavy (non-hydrogen) atoms. The number of benzene rings is 1. The Morgan fingerprint density at radius 1 is 1.29 bits per heavy atom. The fourth-order valence-corrected chi connectivity index (χ4v) is 1.78. The molecule has 0 radical (unpaired) electrons. The monoisotopic (exact) mass is 308 g/mol. The number of nitrogens with one attached hydrogen (secondary N) is 1. The molecule has 1 heterocycles. The highest BCUT2D eigenvalue weighted by Gasteiger charge is 2.13. The Balaban J connectivity index is 2.21. The van der Waals surface area contributed by atoms with Gasteiger partial charge in [-0.15, -0.1) is 0 Å². The average Bonchev–Trinajstić information content (AvgIpc) is 2.49. The van der Waals surface area contributed by atoms with Crippen molar-refractivity contribution in [1.82, 2.24) is 4.98 Å². The molecule has 0 saturated heterocycles. The Labute approximate surface area is 124 Å². The Morgan fingerprint density at radius 2 is 2.05 bits per heavy atom. The molecule has 7 heteroatoms. The lowest BCUT2D eigenvalue weighted by molar-refractivity contribution is 0.0600. The van der Waals surface area contributed by atoms with Crippen molar-refractivity contribution in [1.29, 1.82) is 0 Å². The molecule has 0 saturated carbocycles. The van der Waals surface area contributed by atoms with Crippen LogP contribution in [0, 0.1) is 5.95 Å². The highest BCUT2D eigenvalue weighted by molar-refractivity contribution is 6.33. The van der Waals surface area contributed by atoms with E-state index in [1.165, 1.54) is 31.4 Å². The summed E-state index contributed by atoms with van der Waals surface area (Å²) in [5.74, 6) is -1.77. The van der Waals surface area contributed by atoms with Crippen LogP contribution in [0.2, 0.25) is 5.02 Å². The van der Waals surface area contributed by atoms with E-state index in [0.29, 0.717) is 5.69 Å². The molecular weight excluding hydrogens is 299 g/mol. The number of carbonyl (C=O) groups is 2. The number of anilines is 1. The zero-order valence-electron chi connectivity index (χ0n) is 10.9. The quantitative estimate of drug-likeness (QED) is 0.699. The predicted molar refractivity (Wildman–Crippen MR) is 74.9 cm³/mol. The number of rotatable bonds is 3. The predicted octanol–water partition coefficient (Wildman–Crippen LogP) is 2.91. The molecule has 1 aromatic heterocycles. The zero-order valence-corrected chi connectivity index (χ0v) is 11.6. The van der Waals surface area contributed by atoms with Crippen molar-refractivity contribution >= 4 is 29.2 Å². The maximum Gasteiger partial charge on any atom is 0.339 e. The number of methoxy groups -OCH3 is 1. The third kappa shape index (κ3) is 3.55. The van der Waals surface area contributed by atoms with Crippen molar-refractivity contribution in [2.45, 2.75) is 0 Å². The van der Waals surface area contributed by atoms with Gasteiger partial charge in [-0.3, -0.25) is 4.79 Å². The topological polar surface area (TPSA) is 68.3 Å². The lowest BCUT2D eigenvalue weighted by Crippen LogP contribution is -2.13. The summed E-state index contributed by atoms with van der Waals surface area (Å²) in [7, 11) is 1.23. The van der Waals surface area contributed by atoms with Crippen LogP contribution >= 0.6 is 11.6 Å². The third-order valence-corrected chi connectivity index (χ3v) is 2.95. The normalized spacial score (nSPS) is 10.0. The first-order chi connectivity index (χ1) is 10.0. The molecule has 2 rings (SSSR count). The molecular formula is C14H10ClFN2O3. The standard InChI is InChI=1S/C14H10ClFN2O3/c1-21-14(20)10-6-9(3-4-11(10)15)18-13(19)8-2-5-12(16)17-7-8/h2-7H,1H3,(H,18,19). The first-order valence-electron chi connectivity index (χ1n) is 5.82. The van der Waals surface area contributed by atoms with E-state index < -0.39 is 17.8 Å². The number of amides is 1. The lowest BCUT2D eigenvalue weighted by Gasteiger charge is -2.08. The van der Waals surface area contributed by atoms with Crippen LogP contribution in [0.4, 0.5) is 10.1 Å². The molecule has 0 aliphatic heterocycles. The fourth-order valence-electron chi connectivity index (χ4n) is 1.58. The van der Waals surface area contributed by atoms with Crippen LogP contribution in [0.5, 0.6) is 0 Å². The molecule has 1 aromatic carbocycles. The van der Waals surface area contributed by atoms with Crippen LogP contribution in [0.3, 0.4) is 0 Å². The summed E-state index contributed by atoms with van der Waals surface area (Å²) in [5, 5.41) is 2.77. The van der Waals surface area contributed by atoms with E-state index in [1.54, 1.807) is 0 Å². The second-order valence-corrected chi connectivity index (χ2v) is 4.42. The van der Waals surface area contributed by atoms with Crippen molar-refractivity contribution in [2.75, 3.05) is 12.4 Å². The summed E-state index contributed by atoms with van der Waals surface area (Å²) >= 11 is 5.88. The number of hydrogen-bond acceptors (Lipinski definition) is 4. The minimum atomic E-state index is -0.675. The molecule has 0 fully saturated rings. The minimum absolute atomic E-state index is 0.134. The highest BCUT2D eigenvalue weighted by atomic mass is 35.5. The molecule has 0 aliphatic rings. The maximum absolute atomic E-state index is 12.7. The summed E-state index contributed by atoms with van der Waals surface area (Å²) < 4.78 is 17.3. The Kier molecular flexibility index (Phi) is 4.49. The van der Waals surface area contributed by atoms with E-state index in [0.717, 1.165) is 12.3 Å². The van der Waals surface area contributed by atoms with Gasteiger partial charge < -0.3 is 10.1 Å². The summed E-state index contributed by atoms with van der Waals surface area (Å²) in [6.07, 6.45) is 1.11. The molecule has 0 unspecified atom stereocenters. The number of ether oxygens (including phenoxy) is 1. The minimum Gasteiger partial charge on any atom is -0.465 e. The van der Waals surface area contributed by atoms with E-state index in [-0.39, 0.29) is 16.1 Å². The second kappa shape index (κ2) is 6.32. The van der Waals surface area contributed by atoms with Crippen LogP contribution in [-0.4, -0.2) is 24.0 Å². The Hall–Kier alpha value is -2.47. The van der Waals surface area contributed by atoms with Crippen molar-refractivity contribution in [3.05, 3.63) is 58.6 Å². The fraction of sp³-hybridized carbons (Fsp3) is 0.0714. The molecule has 0 spiro atoms. The first-order valence-corrected chi connectivity index (χ1v) is 6.20. The Bertz CT molecular complexity index is 689. The molecule has 2 aromatic rings. The highest BCUT2D eigenvalue weighted by Crippen LogP contribution is 2.21. The number of carbonyl (C=O) groups excluding carboxylic acids is 2. The maximum atomic E-state index is 12.7. The third-order valence-electron chi connectivity index (χ3n) is 2.62. The summed E-state index contributed by atoms with van der Waals surface area (Å²) in [4.78, 5) is 26.8. The van der Waals surface area contributed by atoms with Crippen molar-refractivity contribution in [2.24, 2.45) is 0 Å². The van der Waals surface area contributed by atoms with Gasteiger partial charge in [-0.2, -0.15) is 4.39 Å². The largest absolute Gasteiger partial charge is 0.465 e. The van der Waals surface area contributed by atoms with Crippen LogP contribution < -0.4 is 5.32 Å². The SMILES string of the molecule is COC(=O)c1cc(NC(=O)c2ccc(F)nc2)ccc1Cl. The van der Waals surface area contributed by atoms with Gasteiger partial charge in [-0.1, -0.05) is 11.6 Å². The van der Waals surface area contributed by atoms with E-state index in [1.807, 2.05) is 0 Å². The average molecular weight is 309 g/mol. The number of pyridine rings is 1. The number of esters is 1. The lowest BCUT2D eigenvalue weighted by atomic mass is 10.2. The van der Waals surface area contributed by atoms with Crippen LogP contribution in [-0.2, 0) is 4.74 Å². The smallest absolute Gasteiger partial charge is 0.339 e. The van der Waals surface area contributed by atoms with E-state index in [4.69, 9.17) is 11.6 Å². The van der Waals surface area contributed by atoms with Gasteiger partial charge in [0.2, 0.25) is 5.95 Å². The molecule has 0 bridgehead atoms. The summed E-state index contributed by atoms with van der Waals surface area (Å²) in [6.45, 7) is 0. The van der Waals surface area contributed by atoms with Gasteiger partial charge in [0.25, 0.3) is 5.91 Å². The van der Waals surface area contributed by atoms with E-state index >= 15 is 0 Å². The van der Waals surface area contributed by atoms with Gasteiger partial charge >= 0.3 is 5.97 Å². The van der Waals surface area contributed by atoms with Crippen molar-refractivity contribution in [3.8, 4) is 0 Å². The Morgan fingerprint density at radius 3 is 2.67 bits per heavy atom. The molecule has 1 amide bonds. The summed E-state index contributed by atoms with van der Waals surface area (Å²) in [6, 6.07) is 6.77. The number of nitrogens with zero attached hydrogens (tertiary/aromatic N) is 1.